The molecule has 0 spiro atoms. The summed E-state index contributed by atoms with van der Waals surface area (Å²) in [6, 6.07) is 0. The van der Waals surface area contributed by atoms with E-state index in [9.17, 15) is 4.79 Å². The second-order valence-corrected chi connectivity index (χ2v) is 3.21. The molecule has 0 rings (SSSR count). The summed E-state index contributed by atoms with van der Waals surface area (Å²) < 4.78 is 0. The van der Waals surface area contributed by atoms with Crippen molar-refractivity contribution in [2.75, 3.05) is 6.54 Å². The fraction of sp³-hybridized carbons (Fsp3) is 0.583. The predicted molar refractivity (Wildman–Crippen MR) is 59.7 cm³/mol. The monoisotopic (exact) mass is 193 g/mol. The molecule has 0 radical (unpaired) electrons. The van der Waals surface area contributed by atoms with Crippen LogP contribution in [0.3, 0.4) is 0 Å². The molecule has 2 nitrogen and oxygen atoms in total. The summed E-state index contributed by atoms with van der Waals surface area (Å²) in [5, 5.41) is 2.85. The van der Waals surface area contributed by atoms with Crippen molar-refractivity contribution in [2.45, 2.75) is 39.5 Å². The van der Waals surface area contributed by atoms with Gasteiger partial charge in [0.05, 0.1) is 0 Å². The van der Waals surface area contributed by atoms with Gasteiger partial charge < -0.3 is 5.32 Å². The van der Waals surface area contributed by atoms with E-state index >= 15 is 0 Å². The average molecular weight is 193 g/mol. The van der Waals surface area contributed by atoms with Crippen LogP contribution in [0, 0.1) is 12.3 Å². The molecule has 0 saturated heterocycles. The van der Waals surface area contributed by atoms with E-state index in [0.717, 1.165) is 37.8 Å². The van der Waals surface area contributed by atoms with Crippen LogP contribution >= 0.6 is 0 Å². The summed E-state index contributed by atoms with van der Waals surface area (Å²) in [5.41, 5.74) is 0.796. The third-order valence-corrected chi connectivity index (χ3v) is 1.90. The van der Waals surface area contributed by atoms with Gasteiger partial charge >= 0.3 is 0 Å². The van der Waals surface area contributed by atoms with Crippen molar-refractivity contribution in [3.8, 4) is 12.3 Å². The molecule has 0 aliphatic heterocycles. The fourth-order valence-electron chi connectivity index (χ4n) is 1.09. The molecule has 2 heteroatoms. The van der Waals surface area contributed by atoms with Crippen molar-refractivity contribution >= 4 is 5.91 Å². The quantitative estimate of drug-likeness (QED) is 0.391. The molecule has 0 saturated carbocycles. The lowest BCUT2D eigenvalue weighted by Gasteiger charge is -2.03. The molecule has 14 heavy (non-hydrogen) atoms. The number of terminal acetylenes is 1. The molecule has 78 valence electrons. The highest BCUT2D eigenvalue weighted by molar-refractivity contribution is 5.92. The third kappa shape index (κ3) is 6.30. The van der Waals surface area contributed by atoms with Crippen LogP contribution in [0.5, 0.6) is 0 Å². The first-order valence-corrected chi connectivity index (χ1v) is 5.10. The predicted octanol–water partition coefficient (Wildman–Crippen LogP) is 2.26. The maximum absolute atomic E-state index is 11.3. The minimum absolute atomic E-state index is 0.0348. The Kier molecular flexibility index (Phi) is 7.64. The first-order valence-electron chi connectivity index (χ1n) is 5.10. The molecule has 1 N–H and O–H groups in total. The summed E-state index contributed by atoms with van der Waals surface area (Å²) >= 11 is 0. The Labute approximate surface area is 86.8 Å². The molecule has 0 aliphatic rings. The van der Waals surface area contributed by atoms with Gasteiger partial charge in [-0.05, 0) is 26.2 Å². The number of nitrogens with one attached hydrogen (secondary N) is 1. The Balaban J connectivity index is 3.55. The summed E-state index contributed by atoms with van der Waals surface area (Å²) in [4.78, 5) is 11.3. The third-order valence-electron chi connectivity index (χ3n) is 1.90. The number of unbranched alkanes of at least 4 members (excludes halogenated alkanes) is 2. The first-order chi connectivity index (χ1) is 6.72. The topological polar surface area (TPSA) is 29.1 Å². The molecule has 0 atom stereocenters. The summed E-state index contributed by atoms with van der Waals surface area (Å²) in [6.07, 6.45) is 10.7. The summed E-state index contributed by atoms with van der Waals surface area (Å²) in [6.45, 7) is 4.57. The van der Waals surface area contributed by atoms with E-state index in [1.165, 1.54) is 0 Å². The minimum Gasteiger partial charge on any atom is -0.352 e. The Morgan fingerprint density at radius 2 is 2.21 bits per heavy atom. The van der Waals surface area contributed by atoms with Crippen LogP contribution in [0.4, 0.5) is 0 Å². The van der Waals surface area contributed by atoms with Gasteiger partial charge in [0.1, 0.15) is 0 Å². The van der Waals surface area contributed by atoms with Gasteiger partial charge in [-0.15, -0.1) is 12.3 Å². The molecule has 0 bridgehead atoms. The van der Waals surface area contributed by atoms with Gasteiger partial charge in [-0.25, -0.2) is 0 Å². The Morgan fingerprint density at radius 1 is 1.50 bits per heavy atom. The maximum Gasteiger partial charge on any atom is 0.246 e. The molecule has 0 unspecified atom stereocenters. The van der Waals surface area contributed by atoms with E-state index in [1.807, 2.05) is 19.9 Å². The molecule has 0 aromatic rings. The zero-order valence-corrected chi connectivity index (χ0v) is 9.10. The van der Waals surface area contributed by atoms with Gasteiger partial charge in [-0.3, -0.25) is 4.79 Å². The largest absolute Gasteiger partial charge is 0.352 e. The lowest BCUT2D eigenvalue weighted by molar-refractivity contribution is -0.117. The lowest BCUT2D eigenvalue weighted by Crippen LogP contribution is -2.25. The second kappa shape index (κ2) is 8.37. The van der Waals surface area contributed by atoms with Crippen molar-refractivity contribution in [1.82, 2.24) is 5.32 Å². The molecule has 0 aromatic carbocycles. The summed E-state index contributed by atoms with van der Waals surface area (Å²) in [5.74, 6) is 2.61. The highest BCUT2D eigenvalue weighted by atomic mass is 16.1. The Bertz CT molecular complexity index is 235. The van der Waals surface area contributed by atoms with Crippen LogP contribution in [0.2, 0.25) is 0 Å². The minimum atomic E-state index is 0.0348. The van der Waals surface area contributed by atoms with Crippen molar-refractivity contribution in [3.05, 3.63) is 11.6 Å². The number of carbonyl (C=O) groups excluding carboxylic acids is 1. The van der Waals surface area contributed by atoms with E-state index in [-0.39, 0.29) is 5.91 Å². The molecule has 0 aromatic heterocycles. The highest BCUT2D eigenvalue weighted by Gasteiger charge is 2.00. The standard InChI is InChI=1S/C12H19NO/c1-4-6-7-8-10-13-12(14)11(3)9-5-2/h1,9H,5-8,10H2,2-3H3,(H,13,14)/b11-9-. The average Bonchev–Trinajstić information content (AvgIpc) is 2.17. The fourth-order valence-corrected chi connectivity index (χ4v) is 1.09. The van der Waals surface area contributed by atoms with Crippen molar-refractivity contribution in [1.29, 1.82) is 0 Å². The SMILES string of the molecule is C#CCCCCNC(=O)/C(C)=C\CC. The number of allylic oxidation sites excluding steroid dienone is 1. The van der Waals surface area contributed by atoms with Crippen LogP contribution in [0.25, 0.3) is 0 Å². The number of hydrogen-bond acceptors (Lipinski definition) is 1. The van der Waals surface area contributed by atoms with Gasteiger partial charge in [-0.1, -0.05) is 13.0 Å². The van der Waals surface area contributed by atoms with Crippen LogP contribution < -0.4 is 5.32 Å². The van der Waals surface area contributed by atoms with Crippen LogP contribution in [0.1, 0.15) is 39.5 Å². The smallest absolute Gasteiger partial charge is 0.246 e. The summed E-state index contributed by atoms with van der Waals surface area (Å²) in [7, 11) is 0. The van der Waals surface area contributed by atoms with E-state index in [2.05, 4.69) is 11.2 Å². The molecular formula is C12H19NO. The Morgan fingerprint density at radius 3 is 2.79 bits per heavy atom. The lowest BCUT2D eigenvalue weighted by atomic mass is 10.2. The maximum atomic E-state index is 11.3. The van der Waals surface area contributed by atoms with Gasteiger partial charge in [0.25, 0.3) is 0 Å². The number of carbonyl (C=O) groups is 1. The van der Waals surface area contributed by atoms with E-state index in [0.29, 0.717) is 0 Å². The Hall–Kier alpha value is -1.23. The van der Waals surface area contributed by atoms with Gasteiger partial charge in [0.15, 0.2) is 0 Å². The van der Waals surface area contributed by atoms with E-state index < -0.39 is 0 Å². The van der Waals surface area contributed by atoms with Crippen molar-refractivity contribution in [2.24, 2.45) is 0 Å². The van der Waals surface area contributed by atoms with Crippen LogP contribution in [0.15, 0.2) is 11.6 Å². The zero-order valence-electron chi connectivity index (χ0n) is 9.10. The molecule has 0 aliphatic carbocycles. The number of rotatable bonds is 6. The normalized spacial score (nSPS) is 10.8. The van der Waals surface area contributed by atoms with E-state index in [4.69, 9.17) is 6.42 Å². The van der Waals surface area contributed by atoms with Crippen LogP contribution in [-0.4, -0.2) is 12.5 Å². The second-order valence-electron chi connectivity index (χ2n) is 3.21. The molecule has 1 amide bonds. The first kappa shape index (κ1) is 12.8. The molecular weight excluding hydrogens is 174 g/mol. The zero-order chi connectivity index (χ0) is 10.8. The van der Waals surface area contributed by atoms with E-state index in [1.54, 1.807) is 0 Å². The van der Waals surface area contributed by atoms with Gasteiger partial charge in [0.2, 0.25) is 5.91 Å². The van der Waals surface area contributed by atoms with Crippen molar-refractivity contribution in [3.63, 3.8) is 0 Å². The van der Waals surface area contributed by atoms with Crippen LogP contribution in [-0.2, 0) is 4.79 Å². The van der Waals surface area contributed by atoms with Crippen molar-refractivity contribution < 1.29 is 4.79 Å². The van der Waals surface area contributed by atoms with Gasteiger partial charge in [-0.2, -0.15) is 0 Å². The highest BCUT2D eigenvalue weighted by Crippen LogP contribution is 1.96. The molecule has 0 fully saturated rings. The molecule has 0 heterocycles. The number of amides is 1. The number of hydrogen-bond donors (Lipinski definition) is 1. The van der Waals surface area contributed by atoms with Gasteiger partial charge in [0, 0.05) is 18.5 Å².